The SMILES string of the molecule is CNC(=O)c1ccc(CC(NC(=O)OCC2c3ccccc3-c3ccccc32)C(=O)N2CCCCC2c2nc(-c3ccccc3)c[nH]2)cc1. The van der Waals surface area contributed by atoms with Crippen LogP contribution in [0.5, 0.6) is 0 Å². The number of nitrogens with one attached hydrogen (secondary N) is 3. The predicted molar refractivity (Wildman–Crippen MR) is 188 cm³/mol. The van der Waals surface area contributed by atoms with Crippen LogP contribution in [0, 0.1) is 0 Å². The van der Waals surface area contributed by atoms with Gasteiger partial charge in [0.1, 0.15) is 18.5 Å². The Labute approximate surface area is 285 Å². The number of fused-ring (bicyclic) bond motifs is 3. The van der Waals surface area contributed by atoms with Crippen LogP contribution in [0.25, 0.3) is 22.4 Å². The minimum Gasteiger partial charge on any atom is -0.449 e. The molecule has 49 heavy (non-hydrogen) atoms. The quantitative estimate of drug-likeness (QED) is 0.165. The van der Waals surface area contributed by atoms with Crippen LogP contribution in [0.3, 0.4) is 0 Å². The van der Waals surface area contributed by atoms with Crippen LogP contribution in [0.4, 0.5) is 4.79 Å². The van der Waals surface area contributed by atoms with Gasteiger partial charge in [0, 0.05) is 43.3 Å². The molecule has 2 heterocycles. The van der Waals surface area contributed by atoms with E-state index in [4.69, 9.17) is 9.72 Å². The monoisotopic (exact) mass is 653 g/mol. The molecule has 0 saturated carbocycles. The van der Waals surface area contributed by atoms with Gasteiger partial charge in [-0.15, -0.1) is 0 Å². The number of likely N-dealkylation sites (tertiary alicyclic amines) is 1. The minimum atomic E-state index is -0.898. The van der Waals surface area contributed by atoms with Crippen molar-refractivity contribution in [1.82, 2.24) is 25.5 Å². The number of alkyl carbamates (subject to hydrolysis) is 1. The second-order valence-corrected chi connectivity index (χ2v) is 12.6. The van der Waals surface area contributed by atoms with Crippen molar-refractivity contribution in [1.29, 1.82) is 0 Å². The smallest absolute Gasteiger partial charge is 0.407 e. The first-order chi connectivity index (χ1) is 24.0. The molecule has 1 aromatic heterocycles. The molecule has 1 saturated heterocycles. The van der Waals surface area contributed by atoms with Gasteiger partial charge in [0.2, 0.25) is 5.91 Å². The van der Waals surface area contributed by atoms with E-state index in [0.29, 0.717) is 12.1 Å². The van der Waals surface area contributed by atoms with Crippen molar-refractivity contribution >= 4 is 17.9 Å². The Kier molecular flexibility index (Phi) is 9.23. The lowest BCUT2D eigenvalue weighted by atomic mass is 9.97. The number of amides is 3. The molecule has 1 aliphatic heterocycles. The van der Waals surface area contributed by atoms with Crippen molar-refractivity contribution in [3.63, 3.8) is 0 Å². The van der Waals surface area contributed by atoms with E-state index >= 15 is 0 Å². The maximum absolute atomic E-state index is 14.5. The zero-order valence-corrected chi connectivity index (χ0v) is 27.4. The molecule has 1 aliphatic carbocycles. The van der Waals surface area contributed by atoms with Crippen LogP contribution in [0.2, 0.25) is 0 Å². The van der Waals surface area contributed by atoms with Crippen LogP contribution in [-0.4, -0.2) is 59.0 Å². The number of piperidine rings is 1. The van der Waals surface area contributed by atoms with Crippen LogP contribution in [0.1, 0.15) is 64.1 Å². The number of hydrogen-bond donors (Lipinski definition) is 3. The number of aromatic nitrogens is 2. The Hall–Kier alpha value is -5.70. The molecule has 7 rings (SSSR count). The molecule has 4 aromatic carbocycles. The normalized spacial score (nSPS) is 15.9. The summed E-state index contributed by atoms with van der Waals surface area (Å²) < 4.78 is 5.88. The topological polar surface area (TPSA) is 116 Å². The van der Waals surface area contributed by atoms with Crippen LogP contribution in [0.15, 0.2) is 109 Å². The molecule has 1 fully saturated rings. The molecule has 0 bridgehead atoms. The lowest BCUT2D eigenvalue weighted by Gasteiger charge is -2.37. The first kappa shape index (κ1) is 31.9. The fourth-order valence-electron chi connectivity index (χ4n) is 7.10. The summed E-state index contributed by atoms with van der Waals surface area (Å²) in [5.74, 6) is 0.224. The van der Waals surface area contributed by atoms with Crippen molar-refractivity contribution in [2.45, 2.75) is 43.7 Å². The number of carbonyl (C=O) groups excluding carboxylic acids is 3. The van der Waals surface area contributed by atoms with Crippen molar-refractivity contribution in [2.24, 2.45) is 0 Å². The van der Waals surface area contributed by atoms with Gasteiger partial charge < -0.3 is 25.3 Å². The first-order valence-corrected chi connectivity index (χ1v) is 16.8. The largest absolute Gasteiger partial charge is 0.449 e. The Morgan fingerprint density at radius 2 is 1.55 bits per heavy atom. The highest BCUT2D eigenvalue weighted by Gasteiger charge is 2.36. The first-order valence-electron chi connectivity index (χ1n) is 16.8. The summed E-state index contributed by atoms with van der Waals surface area (Å²) in [6.45, 7) is 0.686. The molecule has 2 atom stereocenters. The molecule has 3 amide bonds. The molecule has 0 radical (unpaired) electrons. The molecule has 2 aliphatic rings. The fourth-order valence-corrected chi connectivity index (χ4v) is 7.10. The van der Waals surface area contributed by atoms with E-state index in [0.717, 1.165) is 64.2 Å². The molecule has 9 nitrogen and oxygen atoms in total. The summed E-state index contributed by atoms with van der Waals surface area (Å²) in [6.07, 6.45) is 4.02. The molecule has 248 valence electrons. The van der Waals surface area contributed by atoms with E-state index in [1.165, 1.54) is 0 Å². The maximum atomic E-state index is 14.5. The summed E-state index contributed by atoms with van der Waals surface area (Å²) in [5, 5.41) is 5.55. The molecule has 5 aromatic rings. The fraction of sp³-hybridized carbons (Fsp3) is 0.250. The third-order valence-corrected chi connectivity index (χ3v) is 9.59. The number of nitrogens with zero attached hydrogens (tertiary/aromatic N) is 2. The number of rotatable bonds is 9. The molecule has 2 unspecified atom stereocenters. The highest BCUT2D eigenvalue weighted by atomic mass is 16.5. The number of aromatic amines is 1. The third-order valence-electron chi connectivity index (χ3n) is 9.59. The Balaban J connectivity index is 1.12. The lowest BCUT2D eigenvalue weighted by Crippen LogP contribution is -2.52. The molecule has 9 heteroatoms. The van der Waals surface area contributed by atoms with Gasteiger partial charge in [-0.25, -0.2) is 9.78 Å². The van der Waals surface area contributed by atoms with Gasteiger partial charge in [-0.1, -0.05) is 91.0 Å². The Morgan fingerprint density at radius 1 is 0.878 bits per heavy atom. The van der Waals surface area contributed by atoms with Crippen molar-refractivity contribution in [3.8, 4) is 22.4 Å². The van der Waals surface area contributed by atoms with Gasteiger partial charge in [-0.2, -0.15) is 0 Å². The summed E-state index contributed by atoms with van der Waals surface area (Å²) in [5.41, 5.74) is 7.65. The number of H-pyrrole nitrogens is 1. The van der Waals surface area contributed by atoms with Crippen molar-refractivity contribution < 1.29 is 19.1 Å². The van der Waals surface area contributed by atoms with Crippen LogP contribution >= 0.6 is 0 Å². The molecular formula is C40H39N5O4. The van der Waals surface area contributed by atoms with Gasteiger partial charge in [0.15, 0.2) is 0 Å². The summed E-state index contributed by atoms with van der Waals surface area (Å²) in [7, 11) is 1.58. The molecule has 3 N–H and O–H groups in total. The number of benzene rings is 4. The predicted octanol–water partition coefficient (Wildman–Crippen LogP) is 6.64. The van der Waals surface area contributed by atoms with E-state index in [-0.39, 0.29) is 36.8 Å². The van der Waals surface area contributed by atoms with Gasteiger partial charge in [0.05, 0.1) is 11.7 Å². The van der Waals surface area contributed by atoms with Gasteiger partial charge in [-0.3, -0.25) is 9.59 Å². The van der Waals surface area contributed by atoms with Gasteiger partial charge in [0.25, 0.3) is 5.91 Å². The number of ether oxygens (including phenoxy) is 1. The average molecular weight is 654 g/mol. The summed E-state index contributed by atoms with van der Waals surface area (Å²) in [6, 6.07) is 32.2. The average Bonchev–Trinajstić information content (AvgIpc) is 3.77. The van der Waals surface area contributed by atoms with Crippen molar-refractivity contribution in [2.75, 3.05) is 20.2 Å². The van der Waals surface area contributed by atoms with E-state index in [1.807, 2.05) is 77.8 Å². The summed E-state index contributed by atoms with van der Waals surface area (Å²) in [4.78, 5) is 50.2. The highest BCUT2D eigenvalue weighted by molar-refractivity contribution is 5.94. The third kappa shape index (κ3) is 6.69. The summed E-state index contributed by atoms with van der Waals surface area (Å²) >= 11 is 0. The highest BCUT2D eigenvalue weighted by Crippen LogP contribution is 2.44. The van der Waals surface area contributed by atoms with Gasteiger partial charge in [-0.05, 0) is 59.2 Å². The number of carbonyl (C=O) groups is 3. The molecular weight excluding hydrogens is 614 g/mol. The zero-order valence-electron chi connectivity index (χ0n) is 27.4. The van der Waals surface area contributed by atoms with Gasteiger partial charge >= 0.3 is 6.09 Å². The second kappa shape index (κ2) is 14.2. The number of hydrogen-bond acceptors (Lipinski definition) is 5. The Bertz CT molecular complexity index is 1910. The molecule has 0 spiro atoms. The van der Waals surface area contributed by atoms with E-state index in [2.05, 4.69) is 39.9 Å². The Morgan fingerprint density at radius 3 is 2.24 bits per heavy atom. The van der Waals surface area contributed by atoms with Crippen molar-refractivity contribution in [3.05, 3.63) is 137 Å². The van der Waals surface area contributed by atoms with E-state index in [9.17, 15) is 14.4 Å². The number of imidazole rings is 1. The second-order valence-electron chi connectivity index (χ2n) is 12.6. The standard InChI is InChI=1S/C40H39N5O4/c1-41-38(46)28-20-18-26(19-21-28)23-34(44-40(48)49-25-33-31-15-7-5-13-29(31)30-14-6-8-16-32(30)33)39(47)45-22-10-9-17-36(45)37-42-24-35(43-37)27-11-3-2-4-12-27/h2-8,11-16,18-21,24,33-34,36H,9-10,17,22-23,25H2,1H3,(H,41,46)(H,42,43)(H,44,48). The minimum absolute atomic E-state index is 0.103. The zero-order chi connectivity index (χ0) is 33.7. The van der Waals surface area contributed by atoms with E-state index < -0.39 is 12.1 Å². The lowest BCUT2D eigenvalue weighted by molar-refractivity contribution is -0.137. The van der Waals surface area contributed by atoms with E-state index in [1.54, 1.807) is 19.2 Å². The van der Waals surface area contributed by atoms with Crippen LogP contribution in [-0.2, 0) is 16.0 Å². The van der Waals surface area contributed by atoms with Crippen LogP contribution < -0.4 is 10.6 Å². The maximum Gasteiger partial charge on any atom is 0.407 e.